The molecule has 0 radical (unpaired) electrons. The van der Waals surface area contributed by atoms with Crippen molar-refractivity contribution in [2.24, 2.45) is 0 Å². The van der Waals surface area contributed by atoms with Gasteiger partial charge >= 0.3 is 6.18 Å². The van der Waals surface area contributed by atoms with Crippen molar-refractivity contribution >= 4 is 28.5 Å². The third-order valence-corrected chi connectivity index (χ3v) is 5.53. The summed E-state index contributed by atoms with van der Waals surface area (Å²) in [7, 11) is 0. The number of hydrogen-bond acceptors (Lipinski definition) is 9. The fraction of sp³-hybridized carbons (Fsp3) is 0.273. The minimum absolute atomic E-state index is 0.185. The van der Waals surface area contributed by atoms with Gasteiger partial charge in [-0.2, -0.15) is 13.2 Å². The molecule has 4 aromatic rings. The largest absolute Gasteiger partial charge is 0.417 e. The van der Waals surface area contributed by atoms with Crippen molar-refractivity contribution in [1.29, 1.82) is 0 Å². The standard InChI is InChI=1S/C22H18F4N8O/c23-8-12-7-18(34-6-4-14(35)11-34)32-33-19(12)16-10-29-20-15(3-5-27-21(20)31-16)30-17-2-1-13(9-28-17)22(24,25)26/h1-3,5,7,9-10,14,35H,4,6,8,11H2,(H,27,28,30,31)/t14-/m0/s1. The lowest BCUT2D eigenvalue weighted by Gasteiger charge is -2.17. The maximum Gasteiger partial charge on any atom is 0.417 e. The zero-order valence-electron chi connectivity index (χ0n) is 18.0. The Balaban J connectivity index is 1.44. The maximum atomic E-state index is 13.9. The molecule has 1 aliphatic rings. The number of anilines is 3. The molecule has 1 fully saturated rings. The van der Waals surface area contributed by atoms with Gasteiger partial charge in [0.1, 0.15) is 29.4 Å². The average molecular weight is 486 g/mol. The first kappa shape index (κ1) is 22.8. The predicted molar refractivity (Wildman–Crippen MR) is 119 cm³/mol. The van der Waals surface area contributed by atoms with Crippen LogP contribution < -0.4 is 10.2 Å². The molecule has 9 nitrogen and oxygen atoms in total. The molecular weight excluding hydrogens is 468 g/mol. The van der Waals surface area contributed by atoms with Gasteiger partial charge in [0.2, 0.25) is 0 Å². The lowest BCUT2D eigenvalue weighted by atomic mass is 10.1. The van der Waals surface area contributed by atoms with Crippen LogP contribution in [0, 0.1) is 0 Å². The first-order valence-corrected chi connectivity index (χ1v) is 10.6. The molecule has 0 spiro atoms. The average Bonchev–Trinajstić information content (AvgIpc) is 3.29. The number of fused-ring (bicyclic) bond motifs is 1. The van der Waals surface area contributed by atoms with Gasteiger partial charge < -0.3 is 15.3 Å². The quantitative estimate of drug-likeness (QED) is 0.408. The number of nitrogens with one attached hydrogen (secondary N) is 1. The van der Waals surface area contributed by atoms with E-state index >= 15 is 0 Å². The normalized spacial score (nSPS) is 16.1. The summed E-state index contributed by atoms with van der Waals surface area (Å²) in [5.74, 6) is 0.657. The van der Waals surface area contributed by atoms with Crippen molar-refractivity contribution in [3.05, 3.63) is 54.0 Å². The van der Waals surface area contributed by atoms with E-state index in [-0.39, 0.29) is 28.4 Å². The van der Waals surface area contributed by atoms with Crippen molar-refractivity contribution in [2.75, 3.05) is 23.3 Å². The molecule has 1 saturated heterocycles. The minimum atomic E-state index is -4.48. The van der Waals surface area contributed by atoms with Crippen LogP contribution in [0.5, 0.6) is 0 Å². The number of aliphatic hydroxyl groups excluding tert-OH is 1. The van der Waals surface area contributed by atoms with E-state index in [1.165, 1.54) is 18.5 Å². The van der Waals surface area contributed by atoms with Crippen LogP contribution in [0.4, 0.5) is 34.9 Å². The van der Waals surface area contributed by atoms with Gasteiger partial charge in [0.15, 0.2) is 11.5 Å². The van der Waals surface area contributed by atoms with E-state index in [2.05, 4.69) is 35.5 Å². The van der Waals surface area contributed by atoms with E-state index in [0.717, 1.165) is 12.3 Å². The van der Waals surface area contributed by atoms with Gasteiger partial charge in [-0.25, -0.2) is 24.3 Å². The van der Waals surface area contributed by atoms with Crippen LogP contribution >= 0.6 is 0 Å². The summed E-state index contributed by atoms with van der Waals surface area (Å²) in [6.07, 6.45) is -0.739. The summed E-state index contributed by atoms with van der Waals surface area (Å²) in [5, 5.41) is 21.0. The van der Waals surface area contributed by atoms with Gasteiger partial charge in [-0.3, -0.25) is 0 Å². The molecule has 5 rings (SSSR count). The van der Waals surface area contributed by atoms with E-state index < -0.39 is 24.5 Å². The summed E-state index contributed by atoms with van der Waals surface area (Å²) >= 11 is 0. The summed E-state index contributed by atoms with van der Waals surface area (Å²) in [5.41, 5.74) is 0.893. The number of aromatic nitrogens is 6. The molecule has 180 valence electrons. The first-order chi connectivity index (χ1) is 16.8. The first-order valence-electron chi connectivity index (χ1n) is 10.6. The maximum absolute atomic E-state index is 13.9. The number of halogens is 4. The molecule has 13 heteroatoms. The highest BCUT2D eigenvalue weighted by Crippen LogP contribution is 2.30. The zero-order valence-corrected chi connectivity index (χ0v) is 18.0. The van der Waals surface area contributed by atoms with Crippen molar-refractivity contribution < 1.29 is 22.7 Å². The second-order valence-corrected chi connectivity index (χ2v) is 7.94. The van der Waals surface area contributed by atoms with Crippen LogP contribution in [-0.4, -0.2) is 54.4 Å². The molecule has 0 amide bonds. The number of pyridine rings is 2. The van der Waals surface area contributed by atoms with Crippen molar-refractivity contribution in [3.8, 4) is 11.4 Å². The number of aliphatic hydroxyl groups is 1. The summed E-state index contributed by atoms with van der Waals surface area (Å²) < 4.78 is 52.2. The number of rotatable bonds is 5. The molecule has 0 aromatic carbocycles. The molecule has 1 atom stereocenters. The number of hydrogen-bond donors (Lipinski definition) is 2. The topological polar surface area (TPSA) is 113 Å². The molecule has 5 heterocycles. The lowest BCUT2D eigenvalue weighted by molar-refractivity contribution is -0.137. The highest BCUT2D eigenvalue weighted by Gasteiger charge is 2.30. The van der Waals surface area contributed by atoms with E-state index in [1.807, 2.05) is 4.90 Å². The summed E-state index contributed by atoms with van der Waals surface area (Å²) in [6.45, 7) is 0.204. The number of alkyl halides is 4. The van der Waals surface area contributed by atoms with Crippen molar-refractivity contribution in [3.63, 3.8) is 0 Å². The Morgan fingerprint density at radius 3 is 2.63 bits per heavy atom. The minimum Gasteiger partial charge on any atom is -0.391 e. The Kier molecular flexibility index (Phi) is 5.84. The van der Waals surface area contributed by atoms with Crippen LogP contribution in [0.15, 0.2) is 42.9 Å². The lowest BCUT2D eigenvalue weighted by Crippen LogP contribution is -2.23. The van der Waals surface area contributed by atoms with Gasteiger partial charge in [0.25, 0.3) is 0 Å². The van der Waals surface area contributed by atoms with Gasteiger partial charge in [-0.1, -0.05) is 0 Å². The SMILES string of the molecule is O[C@H]1CCN(c2cc(CF)c(-c3cnc4c(Nc5ccc(C(F)(F)F)cn5)ccnc4n3)nn2)C1. The van der Waals surface area contributed by atoms with Crippen LogP contribution in [0.3, 0.4) is 0 Å². The Bertz CT molecular complexity index is 1370. The Hall–Kier alpha value is -4.00. The zero-order chi connectivity index (χ0) is 24.6. The van der Waals surface area contributed by atoms with Crippen LogP contribution in [0.1, 0.15) is 17.5 Å². The molecule has 0 unspecified atom stereocenters. The van der Waals surface area contributed by atoms with E-state index in [0.29, 0.717) is 36.5 Å². The Morgan fingerprint density at radius 2 is 1.94 bits per heavy atom. The second kappa shape index (κ2) is 8.98. The highest BCUT2D eigenvalue weighted by molar-refractivity contribution is 5.87. The third-order valence-electron chi connectivity index (χ3n) is 5.53. The molecule has 1 aliphatic heterocycles. The van der Waals surface area contributed by atoms with Crippen LogP contribution in [-0.2, 0) is 12.9 Å². The van der Waals surface area contributed by atoms with E-state index in [4.69, 9.17) is 0 Å². The van der Waals surface area contributed by atoms with Crippen molar-refractivity contribution in [1.82, 2.24) is 30.1 Å². The smallest absolute Gasteiger partial charge is 0.391 e. The number of nitrogens with zero attached hydrogens (tertiary/aromatic N) is 7. The molecule has 0 aliphatic carbocycles. The predicted octanol–water partition coefficient (Wildman–Crippen LogP) is 3.68. The van der Waals surface area contributed by atoms with Gasteiger partial charge in [0.05, 0.1) is 23.6 Å². The number of β-amino-alcohol motifs (C(OH)–C–C–N with tert-alkyl or cyclic N) is 1. The molecule has 0 bridgehead atoms. The summed E-state index contributed by atoms with van der Waals surface area (Å²) in [6, 6.07) is 5.29. The second-order valence-electron chi connectivity index (χ2n) is 7.94. The fourth-order valence-corrected chi connectivity index (χ4v) is 3.75. The molecular formula is C22H18F4N8O. The molecule has 0 saturated carbocycles. The van der Waals surface area contributed by atoms with Crippen LogP contribution in [0.2, 0.25) is 0 Å². The Labute approximate surface area is 195 Å². The molecule has 35 heavy (non-hydrogen) atoms. The molecule has 2 N–H and O–H groups in total. The van der Waals surface area contributed by atoms with E-state index in [1.54, 1.807) is 12.1 Å². The molecule has 4 aromatic heterocycles. The van der Waals surface area contributed by atoms with E-state index in [9.17, 15) is 22.7 Å². The van der Waals surface area contributed by atoms with Gasteiger partial charge in [-0.05, 0) is 30.7 Å². The highest BCUT2D eigenvalue weighted by atomic mass is 19.4. The van der Waals surface area contributed by atoms with Crippen molar-refractivity contribution in [2.45, 2.75) is 25.4 Å². The Morgan fingerprint density at radius 1 is 1.09 bits per heavy atom. The monoisotopic (exact) mass is 486 g/mol. The van der Waals surface area contributed by atoms with Crippen LogP contribution in [0.25, 0.3) is 22.6 Å². The third kappa shape index (κ3) is 4.67. The fourth-order valence-electron chi connectivity index (χ4n) is 3.75. The van der Waals surface area contributed by atoms with Gasteiger partial charge in [-0.15, -0.1) is 10.2 Å². The van der Waals surface area contributed by atoms with Gasteiger partial charge in [0, 0.05) is 31.0 Å². The summed E-state index contributed by atoms with van der Waals surface area (Å²) in [4.78, 5) is 18.6.